The first-order chi connectivity index (χ1) is 56.7. The maximum absolute atomic E-state index is 8.33. The highest BCUT2D eigenvalue weighted by atomic mass is 16.5. The van der Waals surface area contributed by atoms with Crippen LogP contribution in [0.3, 0.4) is 0 Å². The Balaban J connectivity index is 0.862. The van der Waals surface area contributed by atoms with Crippen LogP contribution >= 0.6 is 0 Å². The SMILES string of the molecule is CC(C)(C)c1cc2c3c(c1)N(c1c(-c4ccccc4)cccc1-c1ccccc1)c1cc4c5c(c1B3c1ccc(-c3ccccc3)cc1N2c1c(-c2ccccc2)cccc1-c1ccccc1)Oc1cc(-c2ccccc2)ccc1B5c1c(cc2c3c1Oc1cc(-c5ccccc5)ccc1B3c1ccc(-c3ccccc3)cc1O2)O4. The van der Waals surface area contributed by atoms with E-state index < -0.39 is 13.4 Å². The lowest BCUT2D eigenvalue weighted by Gasteiger charge is -2.48. The molecule has 9 heteroatoms. The van der Waals surface area contributed by atoms with Crippen LogP contribution in [0, 0.1) is 0 Å². The minimum atomic E-state index is -0.505. The highest BCUT2D eigenvalue weighted by Gasteiger charge is 2.54. The van der Waals surface area contributed by atoms with Gasteiger partial charge in [-0.1, -0.05) is 348 Å². The summed E-state index contributed by atoms with van der Waals surface area (Å²) >= 11 is 0. The molecular weight excluding hydrogens is 1400 g/mol. The molecular formula is C106H71B3N2O4. The lowest BCUT2D eigenvalue weighted by molar-refractivity contribution is 0.443. The Hall–Kier alpha value is -14.3. The molecule has 0 saturated carbocycles. The van der Waals surface area contributed by atoms with Crippen molar-refractivity contribution in [3.8, 4) is 135 Å². The number of hydrogen-bond donors (Lipinski definition) is 0. The molecule has 6 heterocycles. The van der Waals surface area contributed by atoms with Crippen molar-refractivity contribution < 1.29 is 18.9 Å². The van der Waals surface area contributed by atoms with Gasteiger partial charge in [0.2, 0.25) is 0 Å². The molecule has 0 atom stereocenters. The number of anilines is 6. The maximum atomic E-state index is 8.33. The summed E-state index contributed by atoms with van der Waals surface area (Å²) in [5.41, 5.74) is 33.7. The first-order valence-corrected chi connectivity index (χ1v) is 39.9. The number of hydrogen-bond acceptors (Lipinski definition) is 6. The van der Waals surface area contributed by atoms with E-state index in [1.165, 1.54) is 5.56 Å². The van der Waals surface area contributed by atoms with Gasteiger partial charge >= 0.3 is 0 Å². The van der Waals surface area contributed by atoms with Crippen molar-refractivity contribution in [3.05, 3.63) is 382 Å². The molecule has 23 rings (SSSR count). The van der Waals surface area contributed by atoms with E-state index in [2.05, 4.69) is 407 Å². The summed E-state index contributed by atoms with van der Waals surface area (Å²) in [6.45, 7) is 5.84. The van der Waals surface area contributed by atoms with Gasteiger partial charge in [0.05, 0.1) is 11.4 Å². The molecule has 0 fully saturated rings. The van der Waals surface area contributed by atoms with E-state index >= 15 is 0 Å². The molecule has 0 bridgehead atoms. The molecule has 0 amide bonds. The quantitative estimate of drug-likeness (QED) is 0.127. The number of benzene rings is 17. The molecule has 0 aliphatic carbocycles. The molecule has 0 saturated heterocycles. The Labute approximate surface area is 670 Å². The van der Waals surface area contributed by atoms with Crippen molar-refractivity contribution in [1.82, 2.24) is 0 Å². The Morgan fingerprint density at radius 3 is 0.896 bits per heavy atom. The number of fused-ring (bicyclic) bond motifs is 14. The van der Waals surface area contributed by atoms with Gasteiger partial charge in [0.15, 0.2) is 0 Å². The Kier molecular flexibility index (Phi) is 15.1. The topological polar surface area (TPSA) is 43.4 Å². The number of rotatable bonds is 10. The molecule has 6 nitrogen and oxygen atoms in total. The molecule has 0 spiro atoms. The van der Waals surface area contributed by atoms with Gasteiger partial charge in [0.1, 0.15) is 46.0 Å². The number of ether oxygens (including phenoxy) is 4. The van der Waals surface area contributed by atoms with Gasteiger partial charge in [0, 0.05) is 73.5 Å². The first kappa shape index (κ1) is 66.5. The number of nitrogens with zero attached hydrogens (tertiary/aromatic N) is 2. The normalized spacial score (nSPS) is 13.2. The fraction of sp³-hybridized carbons (Fsp3) is 0.0377. The second kappa shape index (κ2) is 26.2. The summed E-state index contributed by atoms with van der Waals surface area (Å²) < 4.78 is 31.7. The van der Waals surface area contributed by atoms with Crippen molar-refractivity contribution >= 4 is 103 Å². The van der Waals surface area contributed by atoms with Crippen LogP contribution in [0.25, 0.3) is 89.0 Å². The maximum Gasteiger partial charge on any atom is 0.265 e. The van der Waals surface area contributed by atoms with Gasteiger partial charge in [-0.3, -0.25) is 0 Å². The van der Waals surface area contributed by atoms with Crippen molar-refractivity contribution in [1.29, 1.82) is 0 Å². The molecule has 538 valence electrons. The predicted octanol–water partition coefficient (Wildman–Crippen LogP) is 21.9. The van der Waals surface area contributed by atoms with Crippen molar-refractivity contribution in [2.45, 2.75) is 26.2 Å². The van der Waals surface area contributed by atoms with Crippen molar-refractivity contribution in [2.24, 2.45) is 0 Å². The van der Waals surface area contributed by atoms with E-state index in [0.29, 0.717) is 17.2 Å². The van der Waals surface area contributed by atoms with Crippen LogP contribution in [0.4, 0.5) is 34.1 Å². The first-order valence-electron chi connectivity index (χ1n) is 39.9. The Bertz CT molecular complexity index is 6700. The average molecular weight is 1470 g/mol. The molecule has 17 aromatic carbocycles. The summed E-state index contributed by atoms with van der Waals surface area (Å²) in [5.74, 6) is 5.80. The minimum Gasteiger partial charge on any atom is -0.459 e. The molecule has 0 N–H and O–H groups in total. The largest absolute Gasteiger partial charge is 0.459 e. The summed E-state index contributed by atoms with van der Waals surface area (Å²) in [4.78, 5) is 5.27. The summed E-state index contributed by atoms with van der Waals surface area (Å²) in [7, 11) is 0. The third kappa shape index (κ3) is 10.6. The lowest BCUT2D eigenvalue weighted by Crippen LogP contribution is -2.66. The monoisotopic (exact) mass is 1470 g/mol. The second-order valence-electron chi connectivity index (χ2n) is 32.0. The Morgan fingerprint density at radius 1 is 0.209 bits per heavy atom. The Morgan fingerprint density at radius 2 is 0.504 bits per heavy atom. The van der Waals surface area contributed by atoms with Gasteiger partial charge in [-0.2, -0.15) is 0 Å². The molecule has 0 unspecified atom stereocenters. The van der Waals surface area contributed by atoms with Crippen LogP contribution < -0.4 is 77.9 Å². The average Bonchev–Trinajstić information content (AvgIpc) is 0.672. The molecule has 6 aliphatic rings. The zero-order valence-corrected chi connectivity index (χ0v) is 63.6. The van der Waals surface area contributed by atoms with E-state index in [-0.39, 0.29) is 12.1 Å². The lowest BCUT2D eigenvalue weighted by atomic mass is 9.29. The van der Waals surface area contributed by atoms with Gasteiger partial charge in [-0.05, 0) is 147 Å². The van der Waals surface area contributed by atoms with Crippen molar-refractivity contribution in [2.75, 3.05) is 9.80 Å². The van der Waals surface area contributed by atoms with Gasteiger partial charge < -0.3 is 28.7 Å². The highest BCUT2D eigenvalue weighted by molar-refractivity contribution is 7.04. The third-order valence-electron chi connectivity index (χ3n) is 24.5. The van der Waals surface area contributed by atoms with Gasteiger partial charge in [-0.15, -0.1) is 0 Å². The fourth-order valence-electron chi connectivity index (χ4n) is 19.1. The van der Waals surface area contributed by atoms with Crippen molar-refractivity contribution in [3.63, 3.8) is 0 Å². The fourth-order valence-corrected chi connectivity index (χ4v) is 19.1. The van der Waals surface area contributed by atoms with Crippen LogP contribution in [0.5, 0.6) is 46.0 Å². The van der Waals surface area contributed by atoms with Crippen LogP contribution in [0.2, 0.25) is 0 Å². The van der Waals surface area contributed by atoms with E-state index in [1.54, 1.807) is 0 Å². The molecule has 0 radical (unpaired) electrons. The summed E-state index contributed by atoms with van der Waals surface area (Å²) in [6, 6.07) is 138. The minimum absolute atomic E-state index is 0.275. The number of para-hydroxylation sites is 2. The van der Waals surface area contributed by atoms with Crippen LogP contribution in [-0.4, -0.2) is 20.1 Å². The second-order valence-corrected chi connectivity index (χ2v) is 32.0. The van der Waals surface area contributed by atoms with Crippen LogP contribution in [-0.2, 0) is 5.41 Å². The zero-order valence-electron chi connectivity index (χ0n) is 63.6. The predicted molar refractivity (Wildman–Crippen MR) is 478 cm³/mol. The smallest absolute Gasteiger partial charge is 0.265 e. The molecule has 17 aromatic rings. The summed E-state index contributed by atoms with van der Waals surface area (Å²) in [5, 5.41) is 0. The zero-order chi connectivity index (χ0) is 76.1. The van der Waals surface area contributed by atoms with E-state index in [4.69, 9.17) is 18.9 Å². The van der Waals surface area contributed by atoms with Crippen LogP contribution in [0.15, 0.2) is 376 Å². The third-order valence-corrected chi connectivity index (χ3v) is 24.5. The molecule has 6 aliphatic heterocycles. The molecule has 0 aromatic heterocycles. The van der Waals surface area contributed by atoms with Gasteiger partial charge in [0.25, 0.3) is 20.1 Å². The van der Waals surface area contributed by atoms with Crippen LogP contribution in [0.1, 0.15) is 26.3 Å². The summed E-state index contributed by atoms with van der Waals surface area (Å²) in [6.07, 6.45) is 0. The van der Waals surface area contributed by atoms with Gasteiger partial charge in [-0.25, -0.2) is 0 Å². The van der Waals surface area contributed by atoms with E-state index in [1.807, 2.05) is 0 Å². The van der Waals surface area contributed by atoms with E-state index in [9.17, 15) is 0 Å². The standard InChI is InChI=1S/C106H71B3N2O4/c1-106(2,3)78-62-88-97-89(63-78)111(103-81(72-42-24-10-25-43-72)48-29-49-82(103)73-44-26-11-27-45-73)90-64-94-100-104(98(90)108(97)83-54-50-74(66-30-12-4-13-31-66)58-87(83)110(88)102-79(70-38-20-8-21-39-70)46-28-47-80(102)71-40-22-9-23-41-71)114-93-61-77(69-36-18-7-19-37-69)53-57-86(93)109(100)101-96(113-94)65-95-99-105(101)115-92-60-76(68-34-16-6-17-35-68)52-56-85(92)107(99)84-55-51-75(59-91(84)112-95)67-32-14-5-15-33-67/h4-65H,1-3H3. The van der Waals surface area contributed by atoms with E-state index in [0.717, 1.165) is 201 Å². The highest BCUT2D eigenvalue weighted by Crippen LogP contribution is 2.56. The molecule has 115 heavy (non-hydrogen) atoms.